The molecule has 22 heavy (non-hydrogen) atoms. The summed E-state index contributed by atoms with van der Waals surface area (Å²) < 4.78 is 0. The van der Waals surface area contributed by atoms with Crippen LogP contribution >= 0.6 is 0 Å². The average Bonchev–Trinajstić information content (AvgIpc) is 3.28. The molecule has 5 nitrogen and oxygen atoms in total. The van der Waals surface area contributed by atoms with Crippen LogP contribution in [0.2, 0.25) is 0 Å². The second-order valence-electron chi connectivity index (χ2n) is 6.18. The van der Waals surface area contributed by atoms with Gasteiger partial charge >= 0.3 is 0 Å². The Morgan fingerprint density at radius 3 is 2.77 bits per heavy atom. The molecule has 2 heterocycles. The van der Waals surface area contributed by atoms with E-state index in [0.29, 0.717) is 12.3 Å². The number of aromatic nitrogens is 3. The molecule has 0 aliphatic heterocycles. The monoisotopic (exact) mass is 298 g/mol. The molecule has 5 heteroatoms. The standard InChI is InChI=1S/C17H22N4O/c1-10-5-4-8-18-16(10)17(13-6-7-13)19-15(22)9-14-11(2)20-21-12(14)3/h4-5,8,13,17H,6-7,9H2,1-3H3,(H,19,22)(H,20,21)/t17-/m1/s1. The molecule has 2 N–H and O–H groups in total. The highest BCUT2D eigenvalue weighted by Crippen LogP contribution is 2.41. The number of rotatable bonds is 5. The van der Waals surface area contributed by atoms with Crippen LogP contribution in [0.3, 0.4) is 0 Å². The Bertz CT molecular complexity index is 668. The van der Waals surface area contributed by atoms with Crippen LogP contribution in [0.15, 0.2) is 18.3 Å². The summed E-state index contributed by atoms with van der Waals surface area (Å²) >= 11 is 0. The van der Waals surface area contributed by atoms with E-state index < -0.39 is 0 Å². The van der Waals surface area contributed by atoms with Crippen molar-refractivity contribution in [3.63, 3.8) is 0 Å². The Morgan fingerprint density at radius 1 is 1.41 bits per heavy atom. The molecule has 0 radical (unpaired) electrons. The molecule has 1 aliphatic rings. The van der Waals surface area contributed by atoms with Crippen molar-refractivity contribution < 1.29 is 4.79 Å². The zero-order valence-corrected chi connectivity index (χ0v) is 13.3. The topological polar surface area (TPSA) is 70.7 Å². The summed E-state index contributed by atoms with van der Waals surface area (Å²) in [6.07, 6.45) is 4.48. The maximum atomic E-state index is 12.5. The van der Waals surface area contributed by atoms with Crippen molar-refractivity contribution in [1.29, 1.82) is 0 Å². The van der Waals surface area contributed by atoms with Gasteiger partial charge in [-0.25, -0.2) is 0 Å². The smallest absolute Gasteiger partial charge is 0.225 e. The first kappa shape index (κ1) is 14.8. The van der Waals surface area contributed by atoms with Crippen LogP contribution in [-0.2, 0) is 11.2 Å². The van der Waals surface area contributed by atoms with E-state index in [-0.39, 0.29) is 11.9 Å². The molecule has 0 unspecified atom stereocenters. The Hall–Kier alpha value is -2.17. The predicted octanol–water partition coefficient (Wildman–Crippen LogP) is 2.54. The summed E-state index contributed by atoms with van der Waals surface area (Å²) in [6.45, 7) is 5.92. The lowest BCUT2D eigenvalue weighted by Crippen LogP contribution is -2.32. The minimum Gasteiger partial charge on any atom is -0.347 e. The SMILES string of the molecule is Cc1cccnc1[C@H](NC(=O)Cc1c(C)n[nH]c1C)C1CC1. The fourth-order valence-corrected chi connectivity index (χ4v) is 2.88. The van der Waals surface area contributed by atoms with Crippen molar-refractivity contribution in [3.8, 4) is 0 Å². The Labute approximate surface area is 130 Å². The minimum atomic E-state index is 0.0289. The highest BCUT2D eigenvalue weighted by Gasteiger charge is 2.35. The van der Waals surface area contributed by atoms with Crippen LogP contribution in [0.4, 0.5) is 0 Å². The van der Waals surface area contributed by atoms with E-state index in [2.05, 4.69) is 20.5 Å². The van der Waals surface area contributed by atoms with E-state index in [1.807, 2.05) is 32.9 Å². The lowest BCUT2D eigenvalue weighted by atomic mass is 10.0. The number of carbonyl (C=O) groups is 1. The molecule has 0 spiro atoms. The number of aryl methyl sites for hydroxylation is 3. The molecule has 2 aromatic heterocycles. The molecule has 0 saturated heterocycles. The van der Waals surface area contributed by atoms with Crippen LogP contribution in [0, 0.1) is 26.7 Å². The summed E-state index contributed by atoms with van der Waals surface area (Å²) in [5, 5.41) is 10.3. The molecular formula is C17H22N4O. The number of pyridine rings is 1. The third-order valence-corrected chi connectivity index (χ3v) is 4.37. The van der Waals surface area contributed by atoms with Gasteiger partial charge in [0.2, 0.25) is 5.91 Å². The normalized spacial score (nSPS) is 15.6. The molecule has 3 rings (SSSR count). The van der Waals surface area contributed by atoms with Gasteiger partial charge in [0.25, 0.3) is 0 Å². The first-order chi connectivity index (χ1) is 10.6. The Balaban J connectivity index is 1.75. The van der Waals surface area contributed by atoms with E-state index >= 15 is 0 Å². The summed E-state index contributed by atoms with van der Waals surface area (Å²) in [5.41, 5.74) is 4.98. The van der Waals surface area contributed by atoms with Crippen molar-refractivity contribution in [3.05, 3.63) is 46.5 Å². The number of hydrogen-bond donors (Lipinski definition) is 2. The van der Waals surface area contributed by atoms with Gasteiger partial charge in [-0.05, 0) is 51.2 Å². The predicted molar refractivity (Wildman–Crippen MR) is 84.3 cm³/mol. The van der Waals surface area contributed by atoms with E-state index in [0.717, 1.165) is 41.1 Å². The number of nitrogens with one attached hydrogen (secondary N) is 2. The summed E-state index contributed by atoms with van der Waals surface area (Å²) in [5.74, 6) is 0.554. The van der Waals surface area contributed by atoms with Crippen molar-refractivity contribution in [2.75, 3.05) is 0 Å². The third kappa shape index (κ3) is 3.03. The molecule has 1 atom stereocenters. The van der Waals surface area contributed by atoms with Gasteiger partial charge in [0.15, 0.2) is 0 Å². The van der Waals surface area contributed by atoms with Gasteiger partial charge in [-0.15, -0.1) is 0 Å². The van der Waals surface area contributed by atoms with Crippen molar-refractivity contribution in [1.82, 2.24) is 20.5 Å². The van der Waals surface area contributed by atoms with E-state index in [9.17, 15) is 4.79 Å². The molecule has 116 valence electrons. The maximum absolute atomic E-state index is 12.5. The second kappa shape index (κ2) is 5.91. The average molecular weight is 298 g/mol. The number of nitrogens with zero attached hydrogens (tertiary/aromatic N) is 2. The number of aromatic amines is 1. The molecule has 0 aromatic carbocycles. The van der Waals surface area contributed by atoms with Crippen LogP contribution in [0.1, 0.15) is 47.1 Å². The fourth-order valence-electron chi connectivity index (χ4n) is 2.88. The van der Waals surface area contributed by atoms with Gasteiger partial charge in [0.05, 0.1) is 23.9 Å². The summed E-state index contributed by atoms with van der Waals surface area (Å²) in [6, 6.07) is 4.01. The molecule has 1 aliphatic carbocycles. The van der Waals surface area contributed by atoms with Crippen molar-refractivity contribution in [2.45, 2.75) is 46.1 Å². The summed E-state index contributed by atoms with van der Waals surface area (Å²) in [4.78, 5) is 17.0. The number of carbonyl (C=O) groups excluding carboxylic acids is 1. The number of H-pyrrole nitrogens is 1. The lowest BCUT2D eigenvalue weighted by Gasteiger charge is -2.19. The number of amides is 1. The molecule has 1 amide bonds. The van der Waals surface area contributed by atoms with Crippen molar-refractivity contribution >= 4 is 5.91 Å². The van der Waals surface area contributed by atoms with Gasteiger partial charge < -0.3 is 5.32 Å². The quantitative estimate of drug-likeness (QED) is 0.891. The minimum absolute atomic E-state index is 0.0289. The number of hydrogen-bond acceptors (Lipinski definition) is 3. The highest BCUT2D eigenvalue weighted by atomic mass is 16.1. The van der Waals surface area contributed by atoms with Gasteiger partial charge in [-0.1, -0.05) is 6.07 Å². The molecule has 2 aromatic rings. The van der Waals surface area contributed by atoms with Crippen molar-refractivity contribution in [2.24, 2.45) is 5.92 Å². The third-order valence-electron chi connectivity index (χ3n) is 4.37. The molecular weight excluding hydrogens is 276 g/mol. The maximum Gasteiger partial charge on any atom is 0.225 e. The highest BCUT2D eigenvalue weighted by molar-refractivity contribution is 5.79. The van der Waals surface area contributed by atoms with Gasteiger partial charge in [-0.2, -0.15) is 5.10 Å². The summed E-state index contributed by atoms with van der Waals surface area (Å²) in [7, 11) is 0. The van der Waals surface area contributed by atoms with Crippen LogP contribution in [0.25, 0.3) is 0 Å². The zero-order valence-electron chi connectivity index (χ0n) is 13.3. The van der Waals surface area contributed by atoms with E-state index in [1.54, 1.807) is 6.20 Å². The molecule has 0 bridgehead atoms. The Kier molecular flexibility index (Phi) is 3.96. The van der Waals surface area contributed by atoms with Gasteiger partial charge in [0.1, 0.15) is 0 Å². The van der Waals surface area contributed by atoms with Gasteiger partial charge in [-0.3, -0.25) is 14.9 Å². The first-order valence-corrected chi connectivity index (χ1v) is 7.77. The van der Waals surface area contributed by atoms with Crippen LogP contribution in [-0.4, -0.2) is 21.1 Å². The Morgan fingerprint density at radius 2 is 2.18 bits per heavy atom. The van der Waals surface area contributed by atoms with Crippen LogP contribution < -0.4 is 5.32 Å². The first-order valence-electron chi connectivity index (χ1n) is 7.77. The van der Waals surface area contributed by atoms with Gasteiger partial charge in [0, 0.05) is 17.5 Å². The van der Waals surface area contributed by atoms with Crippen LogP contribution in [0.5, 0.6) is 0 Å². The zero-order chi connectivity index (χ0) is 15.7. The molecule has 1 fully saturated rings. The lowest BCUT2D eigenvalue weighted by molar-refractivity contribution is -0.121. The largest absolute Gasteiger partial charge is 0.347 e. The van der Waals surface area contributed by atoms with E-state index in [4.69, 9.17) is 0 Å². The second-order valence-corrected chi connectivity index (χ2v) is 6.18. The van der Waals surface area contributed by atoms with E-state index in [1.165, 1.54) is 0 Å². The molecule has 1 saturated carbocycles. The fraction of sp³-hybridized carbons (Fsp3) is 0.471.